The minimum absolute atomic E-state index is 0.111. The average Bonchev–Trinajstić information content (AvgIpc) is 3.12. The molecule has 7 heteroatoms. The zero-order chi connectivity index (χ0) is 18.2. The van der Waals surface area contributed by atoms with E-state index in [9.17, 15) is 9.00 Å². The molecular weight excluding hydrogens is 354 g/mol. The maximum atomic E-state index is 13.4. The number of aryl methyl sites for hydroxylation is 1. The van der Waals surface area contributed by atoms with E-state index in [0.717, 1.165) is 49.7 Å². The van der Waals surface area contributed by atoms with Gasteiger partial charge in [0, 0.05) is 54.2 Å². The molecule has 3 heterocycles. The van der Waals surface area contributed by atoms with E-state index < -0.39 is 15.5 Å². The van der Waals surface area contributed by atoms with Crippen LogP contribution >= 0.6 is 11.3 Å². The molecule has 1 atom stereocenters. The van der Waals surface area contributed by atoms with Gasteiger partial charge in [0.05, 0.1) is 10.7 Å². The summed E-state index contributed by atoms with van der Waals surface area (Å²) in [5, 5.41) is 3.19. The number of nitrogens with zero attached hydrogens (tertiary/aromatic N) is 3. The quantitative estimate of drug-likeness (QED) is 0.802. The number of carbonyl (C=O) groups excluding carboxylic acids is 1. The number of carbonyl (C=O) groups is 1. The van der Waals surface area contributed by atoms with E-state index in [4.69, 9.17) is 0 Å². The highest BCUT2D eigenvalue weighted by atomic mass is 32.2. The first-order valence-electron chi connectivity index (χ1n) is 9.04. The Labute approximate surface area is 157 Å². The molecule has 25 heavy (non-hydrogen) atoms. The summed E-state index contributed by atoms with van der Waals surface area (Å²) in [5.41, 5.74) is 0.984. The summed E-state index contributed by atoms with van der Waals surface area (Å²) in [5.74, 6) is 0.111. The number of aromatic nitrogens is 1. The molecule has 0 aliphatic carbocycles. The molecule has 3 rings (SSSR count). The average molecular weight is 384 g/mol. The summed E-state index contributed by atoms with van der Waals surface area (Å²) in [6, 6.07) is 0. The summed E-state index contributed by atoms with van der Waals surface area (Å²) < 4.78 is 11.9. The highest BCUT2D eigenvalue weighted by molar-refractivity contribution is 7.86. The van der Waals surface area contributed by atoms with Crippen LogP contribution in [0.2, 0.25) is 0 Å². The second kappa shape index (κ2) is 7.08. The Balaban J connectivity index is 1.70. The van der Waals surface area contributed by atoms with Crippen LogP contribution in [0.25, 0.3) is 0 Å². The van der Waals surface area contributed by atoms with Gasteiger partial charge in [-0.3, -0.25) is 13.9 Å². The molecule has 0 radical (unpaired) electrons. The van der Waals surface area contributed by atoms with E-state index >= 15 is 0 Å². The summed E-state index contributed by atoms with van der Waals surface area (Å²) in [4.78, 5) is 22.2. The zero-order valence-corrected chi connectivity index (χ0v) is 17.3. The molecule has 140 valence electrons. The number of piperidine rings is 1. The second-order valence-electron chi connectivity index (χ2n) is 7.96. The van der Waals surface area contributed by atoms with Crippen LogP contribution in [0.1, 0.15) is 50.2 Å². The van der Waals surface area contributed by atoms with Crippen LogP contribution in [-0.4, -0.2) is 61.1 Å². The van der Waals surface area contributed by atoms with Gasteiger partial charge in [0.2, 0.25) is 5.91 Å². The zero-order valence-electron chi connectivity index (χ0n) is 15.7. The predicted molar refractivity (Wildman–Crippen MR) is 103 cm³/mol. The molecule has 1 unspecified atom stereocenters. The van der Waals surface area contributed by atoms with Crippen molar-refractivity contribution in [2.45, 2.75) is 63.3 Å². The number of likely N-dealkylation sites (tertiary alicyclic amines) is 2. The van der Waals surface area contributed by atoms with Crippen LogP contribution in [0.5, 0.6) is 0 Å². The molecule has 1 amide bonds. The van der Waals surface area contributed by atoms with Crippen LogP contribution in [0.3, 0.4) is 0 Å². The highest BCUT2D eigenvalue weighted by Crippen LogP contribution is 2.37. The Kier molecular flexibility index (Phi) is 5.38. The molecule has 0 aromatic carbocycles. The van der Waals surface area contributed by atoms with E-state index in [1.54, 1.807) is 17.6 Å². The monoisotopic (exact) mass is 383 g/mol. The molecule has 0 spiro atoms. The second-order valence-corrected chi connectivity index (χ2v) is 10.7. The Bertz CT molecular complexity index is 663. The van der Waals surface area contributed by atoms with E-state index in [0.29, 0.717) is 12.8 Å². The number of hydrogen-bond acceptors (Lipinski definition) is 5. The van der Waals surface area contributed by atoms with Gasteiger partial charge >= 0.3 is 0 Å². The van der Waals surface area contributed by atoms with Crippen molar-refractivity contribution in [1.82, 2.24) is 14.8 Å². The number of hydrogen-bond donors (Lipinski definition) is 0. The first-order valence-corrected chi connectivity index (χ1v) is 11.5. The van der Waals surface area contributed by atoms with Crippen molar-refractivity contribution in [3.8, 4) is 0 Å². The van der Waals surface area contributed by atoms with Gasteiger partial charge in [-0.15, -0.1) is 11.3 Å². The van der Waals surface area contributed by atoms with Crippen LogP contribution in [0.4, 0.5) is 0 Å². The van der Waals surface area contributed by atoms with E-state index in [-0.39, 0.29) is 11.4 Å². The molecule has 2 fully saturated rings. The molecule has 2 aliphatic rings. The van der Waals surface area contributed by atoms with Crippen molar-refractivity contribution in [3.05, 3.63) is 16.1 Å². The van der Waals surface area contributed by atoms with Crippen molar-refractivity contribution in [1.29, 1.82) is 0 Å². The van der Waals surface area contributed by atoms with E-state index in [1.807, 2.05) is 11.8 Å². The molecule has 0 N–H and O–H groups in total. The Morgan fingerprint density at radius 2 is 1.96 bits per heavy atom. The molecule has 2 aliphatic heterocycles. The van der Waals surface area contributed by atoms with Crippen molar-refractivity contribution in [2.24, 2.45) is 0 Å². The fourth-order valence-corrected chi connectivity index (χ4v) is 5.85. The summed E-state index contributed by atoms with van der Waals surface area (Å²) in [6.07, 6.45) is 5.12. The number of rotatable bonds is 4. The normalized spacial score (nSPS) is 24.4. The Hall–Kier alpha value is -0.790. The summed E-state index contributed by atoms with van der Waals surface area (Å²) >= 11 is 1.67. The molecule has 0 bridgehead atoms. The van der Waals surface area contributed by atoms with E-state index in [1.165, 1.54) is 0 Å². The lowest BCUT2D eigenvalue weighted by Gasteiger charge is -2.44. The Morgan fingerprint density at radius 1 is 1.28 bits per heavy atom. The van der Waals surface area contributed by atoms with Crippen LogP contribution < -0.4 is 0 Å². The minimum Gasteiger partial charge on any atom is -0.336 e. The lowest BCUT2D eigenvalue weighted by Crippen LogP contribution is -2.59. The maximum Gasteiger partial charge on any atom is 0.241 e. The molecule has 1 aromatic heterocycles. The van der Waals surface area contributed by atoms with Gasteiger partial charge < -0.3 is 4.90 Å². The van der Waals surface area contributed by atoms with Crippen molar-refractivity contribution < 1.29 is 9.00 Å². The van der Waals surface area contributed by atoms with E-state index in [2.05, 4.69) is 29.1 Å². The fourth-order valence-electron chi connectivity index (χ4n) is 4.14. The van der Waals surface area contributed by atoms with Gasteiger partial charge in [0.15, 0.2) is 0 Å². The largest absolute Gasteiger partial charge is 0.336 e. The van der Waals surface area contributed by atoms with Gasteiger partial charge in [-0.2, -0.15) is 0 Å². The van der Waals surface area contributed by atoms with Gasteiger partial charge in [-0.05, 0) is 46.5 Å². The Morgan fingerprint density at radius 3 is 2.44 bits per heavy atom. The standard InChI is InChI=1S/C18H29N3O2S2/c1-14-19-15(13-24-14)12-20-10-7-18(8-11-20,25(4)23)16(22)21-9-5-6-17(21,2)3/h13H,5-12H2,1-4H3. The molecule has 0 saturated carbocycles. The number of thiazole rings is 1. The number of amides is 1. The lowest BCUT2D eigenvalue weighted by atomic mass is 9.92. The van der Waals surface area contributed by atoms with Crippen LogP contribution in [0, 0.1) is 6.92 Å². The smallest absolute Gasteiger partial charge is 0.241 e. The van der Waals surface area contributed by atoms with Gasteiger partial charge in [-0.1, -0.05) is 0 Å². The highest BCUT2D eigenvalue weighted by Gasteiger charge is 2.50. The third kappa shape index (κ3) is 3.69. The van der Waals surface area contributed by atoms with Gasteiger partial charge in [0.25, 0.3) is 0 Å². The lowest BCUT2D eigenvalue weighted by molar-refractivity contribution is -0.138. The van der Waals surface area contributed by atoms with Crippen molar-refractivity contribution >= 4 is 28.0 Å². The minimum atomic E-state index is -1.16. The predicted octanol–water partition coefficient (Wildman–Crippen LogP) is 2.57. The molecular formula is C18H29N3O2S2. The van der Waals surface area contributed by atoms with Gasteiger partial charge in [0.1, 0.15) is 4.75 Å². The van der Waals surface area contributed by atoms with Crippen molar-refractivity contribution in [3.63, 3.8) is 0 Å². The van der Waals surface area contributed by atoms with Crippen LogP contribution in [0.15, 0.2) is 5.38 Å². The summed E-state index contributed by atoms with van der Waals surface area (Å²) in [6.45, 7) is 9.50. The molecule has 1 aromatic rings. The maximum absolute atomic E-state index is 13.4. The summed E-state index contributed by atoms with van der Waals surface area (Å²) in [7, 11) is -1.16. The molecule has 2 saturated heterocycles. The first kappa shape index (κ1) is 19.0. The SMILES string of the molecule is Cc1nc(CN2CCC(C(=O)N3CCCC3(C)C)(S(C)=O)CC2)cs1. The topological polar surface area (TPSA) is 53.5 Å². The first-order chi connectivity index (χ1) is 11.7. The molecule has 5 nitrogen and oxygen atoms in total. The third-order valence-electron chi connectivity index (χ3n) is 5.80. The fraction of sp³-hybridized carbons (Fsp3) is 0.778. The van der Waals surface area contributed by atoms with Crippen LogP contribution in [-0.2, 0) is 22.1 Å². The third-order valence-corrected chi connectivity index (χ3v) is 8.31. The van der Waals surface area contributed by atoms with Crippen molar-refractivity contribution in [2.75, 3.05) is 25.9 Å². The van der Waals surface area contributed by atoms with Gasteiger partial charge in [-0.25, -0.2) is 4.98 Å².